The molecule has 1 unspecified atom stereocenters. The van der Waals surface area contributed by atoms with Gasteiger partial charge < -0.3 is 5.32 Å². The van der Waals surface area contributed by atoms with E-state index in [1.54, 1.807) is 0 Å². The monoisotopic (exact) mass is 282 g/mol. The largest absolute Gasteiger partial charge is 0.314 e. The molecule has 0 aliphatic rings. The maximum atomic E-state index is 4.10. The van der Waals surface area contributed by atoms with Crippen molar-refractivity contribution < 1.29 is 0 Å². The van der Waals surface area contributed by atoms with Crippen LogP contribution in [0.5, 0.6) is 0 Å². The van der Waals surface area contributed by atoms with Gasteiger partial charge in [-0.2, -0.15) is 0 Å². The number of benzene rings is 1. The van der Waals surface area contributed by atoms with Crippen molar-refractivity contribution >= 4 is 0 Å². The molecule has 0 bridgehead atoms. The number of nitrogens with one attached hydrogen (secondary N) is 1. The number of pyridine rings is 1. The topological polar surface area (TPSA) is 24.9 Å². The molecule has 2 aromatic rings. The van der Waals surface area contributed by atoms with Gasteiger partial charge in [0.05, 0.1) is 0 Å². The minimum absolute atomic E-state index is 0.535. The van der Waals surface area contributed by atoms with Crippen LogP contribution >= 0.6 is 0 Å². The lowest BCUT2D eigenvalue weighted by molar-refractivity contribution is 0.477. The number of nitrogens with zero attached hydrogens (tertiary/aromatic N) is 1. The first-order valence-corrected chi connectivity index (χ1v) is 7.95. The molecule has 2 nitrogen and oxygen atoms in total. The molecule has 2 rings (SSSR count). The fourth-order valence-electron chi connectivity index (χ4n) is 2.64. The summed E-state index contributed by atoms with van der Waals surface area (Å²) in [5, 5.41) is 3.68. The summed E-state index contributed by atoms with van der Waals surface area (Å²) in [5.74, 6) is 0. The minimum atomic E-state index is 0.535. The smallest absolute Gasteiger partial charge is 0.0270 e. The molecular formula is C19H26N2. The highest BCUT2D eigenvalue weighted by molar-refractivity contribution is 5.22. The van der Waals surface area contributed by atoms with E-state index >= 15 is 0 Å². The Morgan fingerprint density at radius 2 is 1.90 bits per heavy atom. The van der Waals surface area contributed by atoms with E-state index in [-0.39, 0.29) is 0 Å². The highest BCUT2D eigenvalue weighted by Gasteiger charge is 2.09. The van der Waals surface area contributed by atoms with Crippen LogP contribution in [0.15, 0.2) is 48.8 Å². The normalized spacial score (nSPS) is 12.3. The Labute approximate surface area is 128 Å². The fraction of sp³-hybridized carbons (Fsp3) is 0.421. The lowest BCUT2D eigenvalue weighted by Crippen LogP contribution is -2.32. The van der Waals surface area contributed by atoms with Crippen LogP contribution < -0.4 is 5.32 Å². The Hall–Kier alpha value is -1.67. The molecule has 2 heteroatoms. The van der Waals surface area contributed by atoms with E-state index < -0.39 is 0 Å². The fourth-order valence-corrected chi connectivity index (χ4v) is 2.64. The summed E-state index contributed by atoms with van der Waals surface area (Å²) >= 11 is 0. The molecule has 1 N–H and O–H groups in total. The molecule has 0 radical (unpaired) electrons. The molecular weight excluding hydrogens is 256 g/mol. The van der Waals surface area contributed by atoms with Gasteiger partial charge in [0.1, 0.15) is 0 Å². The van der Waals surface area contributed by atoms with Gasteiger partial charge >= 0.3 is 0 Å². The first kappa shape index (κ1) is 15.7. The zero-order chi connectivity index (χ0) is 14.9. The van der Waals surface area contributed by atoms with Gasteiger partial charge in [-0.1, -0.05) is 36.8 Å². The molecule has 0 saturated carbocycles. The van der Waals surface area contributed by atoms with Gasteiger partial charge in [-0.15, -0.1) is 0 Å². The number of rotatable bonds is 8. The summed E-state index contributed by atoms with van der Waals surface area (Å²) in [7, 11) is 0. The minimum Gasteiger partial charge on any atom is -0.314 e. The van der Waals surface area contributed by atoms with Crippen molar-refractivity contribution in [3.63, 3.8) is 0 Å². The van der Waals surface area contributed by atoms with Crippen LogP contribution in [0.25, 0.3) is 0 Å². The van der Waals surface area contributed by atoms with E-state index in [2.05, 4.69) is 60.5 Å². The summed E-state index contributed by atoms with van der Waals surface area (Å²) < 4.78 is 0. The predicted molar refractivity (Wildman–Crippen MR) is 89.5 cm³/mol. The molecule has 0 saturated heterocycles. The summed E-state index contributed by atoms with van der Waals surface area (Å²) in [5.41, 5.74) is 4.15. The maximum Gasteiger partial charge on any atom is 0.0270 e. The Bertz CT molecular complexity index is 522. The number of hydrogen-bond acceptors (Lipinski definition) is 2. The third-order valence-electron chi connectivity index (χ3n) is 3.78. The van der Waals surface area contributed by atoms with Crippen molar-refractivity contribution in [1.82, 2.24) is 10.3 Å². The van der Waals surface area contributed by atoms with Crippen LogP contribution in [-0.2, 0) is 12.8 Å². The molecule has 1 aromatic heterocycles. The van der Waals surface area contributed by atoms with Crippen molar-refractivity contribution in [2.45, 2.75) is 45.6 Å². The molecule has 1 atom stereocenters. The second-order valence-corrected chi connectivity index (χ2v) is 5.74. The SMILES string of the molecule is CCCNC(CCc1cccc(C)c1)Cc1ccncc1. The molecule has 21 heavy (non-hydrogen) atoms. The van der Waals surface area contributed by atoms with Crippen molar-refractivity contribution in [1.29, 1.82) is 0 Å². The van der Waals surface area contributed by atoms with Crippen LogP contribution in [0.2, 0.25) is 0 Å². The van der Waals surface area contributed by atoms with E-state index in [4.69, 9.17) is 0 Å². The van der Waals surface area contributed by atoms with Gasteiger partial charge in [-0.3, -0.25) is 4.98 Å². The number of hydrogen-bond donors (Lipinski definition) is 1. The summed E-state index contributed by atoms with van der Waals surface area (Å²) in [6.45, 7) is 5.47. The van der Waals surface area contributed by atoms with Gasteiger partial charge in [-0.25, -0.2) is 0 Å². The highest BCUT2D eigenvalue weighted by atomic mass is 14.9. The van der Waals surface area contributed by atoms with Crippen LogP contribution in [0.1, 0.15) is 36.5 Å². The predicted octanol–water partition coefficient (Wildman–Crippen LogP) is 3.93. The molecule has 0 aliphatic heterocycles. The first-order chi connectivity index (χ1) is 10.3. The van der Waals surface area contributed by atoms with Crippen molar-refractivity contribution in [2.24, 2.45) is 0 Å². The number of aryl methyl sites for hydroxylation is 2. The van der Waals surface area contributed by atoms with E-state index in [1.807, 2.05) is 12.4 Å². The molecule has 0 aliphatic carbocycles. The lowest BCUT2D eigenvalue weighted by Gasteiger charge is -2.19. The van der Waals surface area contributed by atoms with Gasteiger partial charge in [0.15, 0.2) is 0 Å². The maximum absolute atomic E-state index is 4.10. The van der Waals surface area contributed by atoms with Crippen LogP contribution in [-0.4, -0.2) is 17.6 Å². The van der Waals surface area contributed by atoms with E-state index in [0.717, 1.165) is 19.4 Å². The first-order valence-electron chi connectivity index (χ1n) is 7.95. The molecule has 0 fully saturated rings. The van der Waals surface area contributed by atoms with Crippen molar-refractivity contribution in [3.05, 3.63) is 65.5 Å². The van der Waals surface area contributed by atoms with E-state index in [0.29, 0.717) is 6.04 Å². The molecule has 0 amide bonds. The molecule has 1 aromatic carbocycles. The Morgan fingerprint density at radius 1 is 1.10 bits per heavy atom. The quantitative estimate of drug-likeness (QED) is 0.793. The van der Waals surface area contributed by atoms with Gasteiger partial charge in [0.25, 0.3) is 0 Å². The van der Waals surface area contributed by atoms with E-state index in [9.17, 15) is 0 Å². The van der Waals surface area contributed by atoms with Crippen LogP contribution in [0, 0.1) is 6.92 Å². The zero-order valence-electron chi connectivity index (χ0n) is 13.2. The van der Waals surface area contributed by atoms with Gasteiger partial charge in [-0.05, 0) is 62.4 Å². The third kappa shape index (κ3) is 5.68. The molecule has 0 spiro atoms. The van der Waals surface area contributed by atoms with Gasteiger partial charge in [0.2, 0.25) is 0 Å². The summed E-state index contributed by atoms with van der Waals surface area (Å²) in [4.78, 5) is 4.10. The Balaban J connectivity index is 1.92. The summed E-state index contributed by atoms with van der Waals surface area (Å²) in [6, 6.07) is 13.6. The average molecular weight is 282 g/mol. The van der Waals surface area contributed by atoms with E-state index in [1.165, 1.54) is 29.5 Å². The van der Waals surface area contributed by atoms with Crippen LogP contribution in [0.3, 0.4) is 0 Å². The standard InChI is InChI=1S/C19H26N2/c1-3-11-21-19(15-18-9-12-20-13-10-18)8-7-17-6-4-5-16(2)14-17/h4-6,9-10,12-14,19,21H,3,7-8,11,15H2,1-2H3. The lowest BCUT2D eigenvalue weighted by atomic mass is 9.98. The second-order valence-electron chi connectivity index (χ2n) is 5.74. The molecule has 112 valence electrons. The number of aromatic nitrogens is 1. The average Bonchev–Trinajstić information content (AvgIpc) is 2.51. The van der Waals surface area contributed by atoms with Crippen molar-refractivity contribution in [2.75, 3.05) is 6.54 Å². The van der Waals surface area contributed by atoms with Gasteiger partial charge in [0, 0.05) is 18.4 Å². The third-order valence-corrected chi connectivity index (χ3v) is 3.78. The molecule has 1 heterocycles. The van der Waals surface area contributed by atoms with Crippen LogP contribution in [0.4, 0.5) is 0 Å². The summed E-state index contributed by atoms with van der Waals surface area (Å²) in [6.07, 6.45) is 8.32. The highest BCUT2D eigenvalue weighted by Crippen LogP contribution is 2.11. The van der Waals surface area contributed by atoms with Crippen molar-refractivity contribution in [3.8, 4) is 0 Å². The Morgan fingerprint density at radius 3 is 2.62 bits per heavy atom. The zero-order valence-corrected chi connectivity index (χ0v) is 13.2. The Kier molecular flexibility index (Phi) is 6.42. The second kappa shape index (κ2) is 8.58.